The second-order valence-electron chi connectivity index (χ2n) is 1.38. The maximum absolute atomic E-state index is 4.49. The van der Waals surface area contributed by atoms with Crippen molar-refractivity contribution in [3.8, 4) is 0 Å². The normalized spacial score (nSPS) is 15.6. The van der Waals surface area contributed by atoms with Crippen LogP contribution in [0.3, 0.4) is 0 Å². The van der Waals surface area contributed by atoms with Crippen molar-refractivity contribution in [3.05, 3.63) is 10.8 Å². The summed E-state index contributed by atoms with van der Waals surface area (Å²) < 4.78 is 4.49. The van der Waals surface area contributed by atoms with Gasteiger partial charge in [-0.25, -0.2) is 4.63 Å². The van der Waals surface area contributed by atoms with E-state index in [1.807, 2.05) is 10.8 Å². The van der Waals surface area contributed by atoms with E-state index in [0.717, 1.165) is 10.1 Å². The van der Waals surface area contributed by atoms with E-state index in [9.17, 15) is 0 Å². The molecule has 0 aliphatic carbocycles. The molecule has 0 unspecified atom stereocenters. The van der Waals surface area contributed by atoms with Crippen LogP contribution >= 0.6 is 23.5 Å². The Bertz CT molecular complexity index is 222. The first-order valence-electron chi connectivity index (χ1n) is 2.28. The highest BCUT2D eigenvalue weighted by atomic mass is 32.2. The van der Waals surface area contributed by atoms with Crippen LogP contribution in [-0.2, 0) is 0 Å². The van der Waals surface area contributed by atoms with Gasteiger partial charge >= 0.3 is 0 Å². The van der Waals surface area contributed by atoms with Gasteiger partial charge in [-0.3, -0.25) is 0 Å². The van der Waals surface area contributed by atoms with E-state index in [1.54, 1.807) is 0 Å². The molecule has 0 spiro atoms. The van der Waals surface area contributed by atoms with Gasteiger partial charge in [0.15, 0.2) is 10.1 Å². The molecule has 0 fully saturated rings. The molecule has 0 atom stereocenters. The average Bonchev–Trinajstić information content (AvgIpc) is 2.33. The summed E-state index contributed by atoms with van der Waals surface area (Å²) in [5.41, 5.74) is 0. The second-order valence-corrected chi connectivity index (χ2v) is 3.17. The number of hydrogen-bond acceptors (Lipinski definition) is 5. The van der Waals surface area contributed by atoms with Gasteiger partial charge in [-0.2, -0.15) is 0 Å². The molecular weight excluding hydrogens is 156 g/mol. The van der Waals surface area contributed by atoms with Crippen molar-refractivity contribution in [2.45, 2.75) is 10.1 Å². The van der Waals surface area contributed by atoms with E-state index in [0.29, 0.717) is 0 Å². The molecule has 0 bridgehead atoms. The standard InChI is InChI=1S/C4H2N2OS2/c1-2-9-4-3(8-1)5-7-6-4/h1-2H. The maximum atomic E-state index is 4.49. The van der Waals surface area contributed by atoms with Gasteiger partial charge in [0.2, 0.25) is 0 Å². The van der Waals surface area contributed by atoms with Gasteiger partial charge in [-0.15, -0.1) is 0 Å². The molecule has 0 saturated heterocycles. The number of rotatable bonds is 0. The van der Waals surface area contributed by atoms with Crippen molar-refractivity contribution in [1.29, 1.82) is 0 Å². The SMILES string of the molecule is C1=CSc2nonc2S1. The van der Waals surface area contributed by atoms with Crippen LogP contribution in [0.4, 0.5) is 0 Å². The Kier molecular flexibility index (Phi) is 1.24. The van der Waals surface area contributed by atoms with Crippen molar-refractivity contribution in [2.75, 3.05) is 0 Å². The lowest BCUT2D eigenvalue weighted by atomic mass is 10.9. The number of nitrogens with zero attached hydrogens (tertiary/aromatic N) is 2. The van der Waals surface area contributed by atoms with Gasteiger partial charge in [0.25, 0.3) is 0 Å². The van der Waals surface area contributed by atoms with Crippen molar-refractivity contribution < 1.29 is 4.63 Å². The third-order valence-corrected chi connectivity index (χ3v) is 2.67. The Morgan fingerprint density at radius 2 is 1.67 bits per heavy atom. The van der Waals surface area contributed by atoms with E-state index in [4.69, 9.17) is 0 Å². The minimum Gasteiger partial charge on any atom is -0.242 e. The molecule has 0 N–H and O–H groups in total. The molecular formula is C4H2N2OS2. The fourth-order valence-electron chi connectivity index (χ4n) is 0.501. The van der Waals surface area contributed by atoms with E-state index in [2.05, 4.69) is 14.9 Å². The quantitative estimate of drug-likeness (QED) is 0.575. The number of aromatic nitrogens is 2. The summed E-state index contributed by atoms with van der Waals surface area (Å²) in [7, 11) is 0. The number of thioether (sulfide) groups is 2. The van der Waals surface area contributed by atoms with E-state index >= 15 is 0 Å². The van der Waals surface area contributed by atoms with Gasteiger partial charge in [-0.1, -0.05) is 23.5 Å². The van der Waals surface area contributed by atoms with Crippen molar-refractivity contribution in [3.63, 3.8) is 0 Å². The molecule has 5 heteroatoms. The molecule has 0 saturated carbocycles. The van der Waals surface area contributed by atoms with Crippen molar-refractivity contribution in [1.82, 2.24) is 10.3 Å². The summed E-state index contributed by atoms with van der Waals surface area (Å²) in [5.74, 6) is 0. The lowest BCUT2D eigenvalue weighted by Crippen LogP contribution is -1.74. The fourth-order valence-corrected chi connectivity index (χ4v) is 1.92. The van der Waals surface area contributed by atoms with Crippen LogP contribution in [0.25, 0.3) is 0 Å². The minimum atomic E-state index is 0.863. The molecule has 1 aromatic heterocycles. The first kappa shape index (κ1) is 5.37. The smallest absolute Gasteiger partial charge is 0.179 e. The van der Waals surface area contributed by atoms with Gasteiger partial charge < -0.3 is 0 Å². The van der Waals surface area contributed by atoms with E-state index in [-0.39, 0.29) is 0 Å². The molecule has 46 valence electrons. The first-order valence-corrected chi connectivity index (χ1v) is 4.03. The maximum Gasteiger partial charge on any atom is 0.179 e. The Hall–Kier alpha value is -0.420. The van der Waals surface area contributed by atoms with E-state index < -0.39 is 0 Å². The van der Waals surface area contributed by atoms with Crippen LogP contribution in [0.1, 0.15) is 0 Å². The lowest BCUT2D eigenvalue weighted by molar-refractivity contribution is 0.292. The highest BCUT2D eigenvalue weighted by Gasteiger charge is 2.11. The van der Waals surface area contributed by atoms with Crippen LogP contribution in [-0.4, -0.2) is 10.3 Å². The predicted molar refractivity (Wildman–Crippen MR) is 35.2 cm³/mol. The van der Waals surface area contributed by atoms with Crippen molar-refractivity contribution in [2.24, 2.45) is 0 Å². The van der Waals surface area contributed by atoms with E-state index in [1.165, 1.54) is 23.5 Å². The summed E-state index contributed by atoms with van der Waals surface area (Å²) in [6, 6.07) is 0. The zero-order valence-electron chi connectivity index (χ0n) is 4.27. The van der Waals surface area contributed by atoms with Crippen LogP contribution in [0.15, 0.2) is 25.5 Å². The molecule has 1 aliphatic heterocycles. The van der Waals surface area contributed by atoms with Crippen LogP contribution in [0, 0.1) is 0 Å². The molecule has 0 amide bonds. The van der Waals surface area contributed by atoms with Crippen LogP contribution in [0.5, 0.6) is 0 Å². The highest BCUT2D eigenvalue weighted by Crippen LogP contribution is 2.34. The Labute approximate surface area is 59.8 Å². The molecule has 2 heterocycles. The zero-order valence-corrected chi connectivity index (χ0v) is 5.91. The van der Waals surface area contributed by atoms with Gasteiger partial charge in [0.05, 0.1) is 0 Å². The molecule has 9 heavy (non-hydrogen) atoms. The Balaban J connectivity index is 2.46. The fraction of sp³-hybridized carbons (Fsp3) is 0. The number of fused-ring (bicyclic) bond motifs is 1. The Morgan fingerprint density at radius 3 is 2.22 bits per heavy atom. The molecule has 0 radical (unpaired) electrons. The average molecular weight is 158 g/mol. The molecule has 3 nitrogen and oxygen atoms in total. The zero-order chi connectivity index (χ0) is 6.10. The largest absolute Gasteiger partial charge is 0.242 e. The summed E-state index contributed by atoms with van der Waals surface area (Å²) in [6.45, 7) is 0. The summed E-state index contributed by atoms with van der Waals surface area (Å²) in [5, 5.41) is 13.0. The predicted octanol–water partition coefficient (Wildman–Crippen LogP) is 1.74. The summed E-state index contributed by atoms with van der Waals surface area (Å²) in [4.78, 5) is 0. The monoisotopic (exact) mass is 158 g/mol. The molecule has 1 aromatic rings. The van der Waals surface area contributed by atoms with Gasteiger partial charge in [0, 0.05) is 0 Å². The van der Waals surface area contributed by atoms with Crippen molar-refractivity contribution >= 4 is 23.5 Å². The number of hydrogen-bond donors (Lipinski definition) is 0. The summed E-state index contributed by atoms with van der Waals surface area (Å²) >= 11 is 3.05. The van der Waals surface area contributed by atoms with Crippen LogP contribution in [0.2, 0.25) is 0 Å². The first-order chi connectivity index (χ1) is 4.47. The summed E-state index contributed by atoms with van der Waals surface area (Å²) in [6.07, 6.45) is 0. The topological polar surface area (TPSA) is 38.9 Å². The second kappa shape index (κ2) is 2.07. The molecule has 0 aromatic carbocycles. The van der Waals surface area contributed by atoms with Gasteiger partial charge in [0.1, 0.15) is 0 Å². The molecule has 2 rings (SSSR count). The Morgan fingerprint density at radius 1 is 1.11 bits per heavy atom. The molecule has 1 aliphatic rings. The minimum absolute atomic E-state index is 0.863. The van der Waals surface area contributed by atoms with Gasteiger partial charge in [-0.05, 0) is 21.1 Å². The third kappa shape index (κ3) is 0.859. The third-order valence-electron chi connectivity index (χ3n) is 0.845. The highest BCUT2D eigenvalue weighted by molar-refractivity contribution is 8.08. The lowest BCUT2D eigenvalue weighted by Gasteiger charge is -1.94. The van der Waals surface area contributed by atoms with Crippen LogP contribution < -0.4 is 0 Å².